The molecule has 2 N–H and O–H groups in total. The van der Waals surface area contributed by atoms with Crippen LogP contribution < -0.4 is 10.6 Å². The number of hydrogen-bond donors (Lipinski definition) is 2. The summed E-state index contributed by atoms with van der Waals surface area (Å²) < 4.78 is 5.38. The van der Waals surface area contributed by atoms with Gasteiger partial charge in [-0.05, 0) is 36.0 Å². The Kier molecular flexibility index (Phi) is 6.25. The number of nitrogens with zero attached hydrogens (tertiary/aromatic N) is 1. The number of amides is 1. The van der Waals surface area contributed by atoms with Gasteiger partial charge in [0.2, 0.25) is 0 Å². The van der Waals surface area contributed by atoms with Crippen molar-refractivity contribution >= 4 is 56.9 Å². The maximum Gasteiger partial charge on any atom is 0.413 e. The summed E-state index contributed by atoms with van der Waals surface area (Å²) in [4.78, 5) is 15.6. The first-order chi connectivity index (χ1) is 11.1. The third-order valence-electron chi connectivity index (χ3n) is 2.76. The maximum atomic E-state index is 11.2. The second kappa shape index (κ2) is 8.40. The van der Waals surface area contributed by atoms with Crippen LogP contribution in [0.4, 0.5) is 16.2 Å². The Morgan fingerprint density at radius 1 is 1.26 bits per heavy atom. The molecule has 0 atom stereocenters. The van der Waals surface area contributed by atoms with E-state index in [9.17, 15) is 4.79 Å². The minimum absolute atomic E-state index is 0.135. The number of ether oxygens (including phenoxy) is 1. The average Bonchev–Trinajstić information content (AvgIpc) is 2.55. The number of carbonyl (C=O) groups is 1. The first-order valence-corrected chi connectivity index (χ1v) is 7.83. The van der Waals surface area contributed by atoms with E-state index in [1.54, 1.807) is 6.21 Å². The van der Waals surface area contributed by atoms with Crippen molar-refractivity contribution in [1.82, 2.24) is 5.32 Å². The summed E-state index contributed by atoms with van der Waals surface area (Å²) >= 11 is 8.48. The van der Waals surface area contributed by atoms with Crippen molar-refractivity contribution in [3.05, 3.63) is 58.6 Å². The Morgan fingerprint density at radius 3 is 2.70 bits per heavy atom. The fraction of sp³-hybridized carbons (Fsp3) is 0.0625. The predicted molar refractivity (Wildman–Crippen MR) is 99.6 cm³/mol. The fourth-order valence-electron chi connectivity index (χ4n) is 1.70. The van der Waals surface area contributed by atoms with Crippen LogP contribution in [0.5, 0.6) is 0 Å². The summed E-state index contributed by atoms with van der Waals surface area (Å²) in [5.74, 6) is 0. The standard InChI is InChI=1S/C16H14BrN3O2S/c1-22-16(21)20-15(23)19-13-8-7-12(17)9-14(13)18-10-11-5-3-2-4-6-11/h2-10H,1H3,(H2,19,20,21,23). The van der Waals surface area contributed by atoms with Gasteiger partial charge in [0.15, 0.2) is 5.11 Å². The number of nitrogens with one attached hydrogen (secondary N) is 2. The minimum Gasteiger partial charge on any atom is -0.453 e. The van der Waals surface area contributed by atoms with Crippen molar-refractivity contribution in [3.8, 4) is 0 Å². The van der Waals surface area contributed by atoms with Gasteiger partial charge in [-0.2, -0.15) is 0 Å². The number of carbonyl (C=O) groups excluding carboxylic acids is 1. The SMILES string of the molecule is COC(=O)NC(=S)Nc1ccc(Br)cc1N=Cc1ccccc1. The predicted octanol–water partition coefficient (Wildman–Crippen LogP) is 4.25. The number of thiocarbonyl (C=S) groups is 1. The van der Waals surface area contributed by atoms with Crippen molar-refractivity contribution in [2.75, 3.05) is 12.4 Å². The quantitative estimate of drug-likeness (QED) is 0.606. The maximum absolute atomic E-state index is 11.2. The first-order valence-electron chi connectivity index (χ1n) is 6.63. The summed E-state index contributed by atoms with van der Waals surface area (Å²) in [6.45, 7) is 0. The summed E-state index contributed by atoms with van der Waals surface area (Å²) in [6.07, 6.45) is 1.12. The largest absolute Gasteiger partial charge is 0.453 e. The number of methoxy groups -OCH3 is 1. The van der Waals surface area contributed by atoms with Crippen LogP contribution in [-0.4, -0.2) is 24.5 Å². The molecular weight excluding hydrogens is 378 g/mol. The molecule has 0 aromatic heterocycles. The van der Waals surface area contributed by atoms with E-state index < -0.39 is 6.09 Å². The molecule has 2 aromatic carbocycles. The van der Waals surface area contributed by atoms with E-state index in [1.807, 2.05) is 48.5 Å². The molecule has 7 heteroatoms. The summed E-state index contributed by atoms with van der Waals surface area (Å²) in [7, 11) is 1.27. The molecule has 2 aromatic rings. The first kappa shape index (κ1) is 17.1. The molecule has 0 aliphatic rings. The number of alkyl carbamates (subject to hydrolysis) is 1. The zero-order valence-electron chi connectivity index (χ0n) is 12.2. The van der Waals surface area contributed by atoms with Crippen molar-refractivity contribution < 1.29 is 9.53 Å². The van der Waals surface area contributed by atoms with Crippen LogP contribution in [0.1, 0.15) is 5.56 Å². The lowest BCUT2D eigenvalue weighted by molar-refractivity contribution is 0.177. The Balaban J connectivity index is 2.19. The van der Waals surface area contributed by atoms with Crippen LogP contribution in [-0.2, 0) is 4.74 Å². The average molecular weight is 392 g/mol. The molecule has 0 radical (unpaired) electrons. The normalized spacial score (nSPS) is 10.3. The van der Waals surface area contributed by atoms with E-state index in [2.05, 4.69) is 36.3 Å². The monoisotopic (exact) mass is 391 g/mol. The highest BCUT2D eigenvalue weighted by molar-refractivity contribution is 9.10. The molecule has 2 rings (SSSR count). The third-order valence-corrected chi connectivity index (χ3v) is 3.46. The summed E-state index contributed by atoms with van der Waals surface area (Å²) in [6, 6.07) is 15.3. The lowest BCUT2D eigenvalue weighted by atomic mass is 10.2. The zero-order chi connectivity index (χ0) is 16.7. The van der Waals surface area contributed by atoms with Crippen LogP contribution in [0.25, 0.3) is 0 Å². The lowest BCUT2D eigenvalue weighted by Gasteiger charge is -2.11. The van der Waals surface area contributed by atoms with Gasteiger partial charge in [0.25, 0.3) is 0 Å². The molecule has 0 aliphatic heterocycles. The highest BCUT2D eigenvalue weighted by atomic mass is 79.9. The Bertz CT molecular complexity index is 735. The van der Waals surface area contributed by atoms with Gasteiger partial charge >= 0.3 is 6.09 Å². The molecule has 0 heterocycles. The van der Waals surface area contributed by atoms with Gasteiger partial charge in [0.1, 0.15) is 0 Å². The molecule has 5 nitrogen and oxygen atoms in total. The molecule has 0 saturated carbocycles. The summed E-state index contributed by atoms with van der Waals surface area (Å²) in [5.41, 5.74) is 2.33. The van der Waals surface area contributed by atoms with E-state index in [0.717, 1.165) is 10.0 Å². The molecular formula is C16H14BrN3O2S. The van der Waals surface area contributed by atoms with Gasteiger partial charge in [-0.15, -0.1) is 0 Å². The number of hydrogen-bond acceptors (Lipinski definition) is 4. The molecule has 0 unspecified atom stereocenters. The number of benzene rings is 2. The van der Waals surface area contributed by atoms with E-state index in [0.29, 0.717) is 11.4 Å². The number of anilines is 1. The van der Waals surface area contributed by atoms with E-state index in [1.165, 1.54) is 7.11 Å². The topological polar surface area (TPSA) is 62.7 Å². The molecule has 0 saturated heterocycles. The molecule has 0 spiro atoms. The fourth-order valence-corrected chi connectivity index (χ4v) is 2.24. The highest BCUT2D eigenvalue weighted by Crippen LogP contribution is 2.28. The van der Waals surface area contributed by atoms with E-state index >= 15 is 0 Å². The van der Waals surface area contributed by atoms with E-state index in [4.69, 9.17) is 12.2 Å². The van der Waals surface area contributed by atoms with Crippen LogP contribution in [0, 0.1) is 0 Å². The van der Waals surface area contributed by atoms with Crippen molar-refractivity contribution in [3.63, 3.8) is 0 Å². The van der Waals surface area contributed by atoms with Gasteiger partial charge in [0.05, 0.1) is 18.5 Å². The van der Waals surface area contributed by atoms with Crippen LogP contribution in [0.15, 0.2) is 58.0 Å². The number of aliphatic imine (C=N–C) groups is 1. The van der Waals surface area contributed by atoms with Gasteiger partial charge in [-0.3, -0.25) is 10.3 Å². The number of halogens is 1. The third kappa shape index (κ3) is 5.46. The van der Waals surface area contributed by atoms with Gasteiger partial charge < -0.3 is 10.1 Å². The Morgan fingerprint density at radius 2 is 2.00 bits per heavy atom. The van der Waals surface area contributed by atoms with Gasteiger partial charge in [0, 0.05) is 10.7 Å². The molecule has 118 valence electrons. The second-order valence-electron chi connectivity index (χ2n) is 4.40. The van der Waals surface area contributed by atoms with E-state index in [-0.39, 0.29) is 5.11 Å². The number of rotatable bonds is 3. The van der Waals surface area contributed by atoms with Crippen LogP contribution in [0.2, 0.25) is 0 Å². The Hall–Kier alpha value is -2.25. The molecule has 1 amide bonds. The zero-order valence-corrected chi connectivity index (χ0v) is 14.6. The van der Waals surface area contributed by atoms with Crippen molar-refractivity contribution in [2.24, 2.45) is 4.99 Å². The summed E-state index contributed by atoms with van der Waals surface area (Å²) in [5, 5.41) is 5.45. The minimum atomic E-state index is -0.631. The highest BCUT2D eigenvalue weighted by Gasteiger charge is 2.07. The Labute approximate surface area is 147 Å². The van der Waals surface area contributed by atoms with Crippen LogP contribution >= 0.6 is 28.1 Å². The van der Waals surface area contributed by atoms with Gasteiger partial charge in [-0.1, -0.05) is 46.3 Å². The lowest BCUT2D eigenvalue weighted by Crippen LogP contribution is -2.33. The molecule has 23 heavy (non-hydrogen) atoms. The molecule has 0 fully saturated rings. The van der Waals surface area contributed by atoms with Crippen LogP contribution in [0.3, 0.4) is 0 Å². The molecule has 0 aliphatic carbocycles. The smallest absolute Gasteiger partial charge is 0.413 e. The van der Waals surface area contributed by atoms with Gasteiger partial charge in [-0.25, -0.2) is 4.79 Å². The second-order valence-corrected chi connectivity index (χ2v) is 5.72. The van der Waals surface area contributed by atoms with Crippen molar-refractivity contribution in [1.29, 1.82) is 0 Å². The van der Waals surface area contributed by atoms with Crippen molar-refractivity contribution in [2.45, 2.75) is 0 Å². The molecule has 0 bridgehead atoms.